The third kappa shape index (κ3) is 3.37. The lowest BCUT2D eigenvalue weighted by molar-refractivity contribution is 0.150. The number of hydrogen-bond donors (Lipinski definition) is 2. The van der Waals surface area contributed by atoms with Crippen LogP contribution in [0.15, 0.2) is 28.7 Å². The molecule has 0 amide bonds. The van der Waals surface area contributed by atoms with Gasteiger partial charge in [-0.2, -0.15) is 0 Å². The van der Waals surface area contributed by atoms with Gasteiger partial charge in [-0.05, 0) is 31.0 Å². The zero-order chi connectivity index (χ0) is 13.7. The molecule has 1 atom stereocenters. The minimum atomic E-state index is -0.575. The van der Waals surface area contributed by atoms with E-state index in [0.29, 0.717) is 12.3 Å². The van der Waals surface area contributed by atoms with Crippen molar-refractivity contribution in [1.29, 1.82) is 0 Å². The van der Waals surface area contributed by atoms with Crippen molar-refractivity contribution < 1.29 is 9.52 Å². The number of unbranched alkanes of at least 4 members (excludes halogenated alkanes) is 1. The molecule has 2 rings (SSSR count). The lowest BCUT2D eigenvalue weighted by Gasteiger charge is -2.08. The molecule has 2 N–H and O–H groups in total. The molecule has 1 aromatic heterocycles. The van der Waals surface area contributed by atoms with Crippen molar-refractivity contribution in [2.24, 2.45) is 0 Å². The summed E-state index contributed by atoms with van der Waals surface area (Å²) in [6.45, 7) is 5.75. The molecular formula is C16H23NO2. The largest absolute Gasteiger partial charge is 0.458 e. The molecule has 0 radical (unpaired) electrons. The molecule has 104 valence electrons. The summed E-state index contributed by atoms with van der Waals surface area (Å²) >= 11 is 0. The first-order valence-corrected chi connectivity index (χ1v) is 7.16. The van der Waals surface area contributed by atoms with Gasteiger partial charge in [0.2, 0.25) is 0 Å². The maximum absolute atomic E-state index is 10.1. The van der Waals surface area contributed by atoms with Crippen LogP contribution in [0.1, 0.15) is 44.1 Å². The maximum Gasteiger partial charge on any atom is 0.137 e. The molecule has 3 heteroatoms. The van der Waals surface area contributed by atoms with Gasteiger partial charge in [-0.25, -0.2) is 0 Å². The SMILES string of the molecule is CCCCNCC(O)c1cc2cccc(CC)c2o1. The fraction of sp³-hybridized carbons (Fsp3) is 0.500. The third-order valence-corrected chi connectivity index (χ3v) is 3.40. The Morgan fingerprint density at radius 2 is 2.16 bits per heavy atom. The molecule has 1 unspecified atom stereocenters. The molecule has 19 heavy (non-hydrogen) atoms. The highest BCUT2D eigenvalue weighted by Gasteiger charge is 2.14. The van der Waals surface area contributed by atoms with Crippen molar-refractivity contribution in [3.63, 3.8) is 0 Å². The van der Waals surface area contributed by atoms with Crippen LogP contribution in [0.25, 0.3) is 11.0 Å². The van der Waals surface area contributed by atoms with Crippen LogP contribution < -0.4 is 5.32 Å². The first-order valence-electron chi connectivity index (χ1n) is 7.16. The Hall–Kier alpha value is -1.32. The van der Waals surface area contributed by atoms with Crippen LogP contribution in [0.2, 0.25) is 0 Å². The summed E-state index contributed by atoms with van der Waals surface area (Å²) in [5, 5.41) is 14.4. The highest BCUT2D eigenvalue weighted by atomic mass is 16.4. The Bertz CT molecular complexity index is 518. The normalized spacial score (nSPS) is 13.0. The predicted octanol–water partition coefficient (Wildman–Crippen LogP) is 3.42. The minimum absolute atomic E-state index is 0.543. The summed E-state index contributed by atoms with van der Waals surface area (Å²) in [6, 6.07) is 8.08. The minimum Gasteiger partial charge on any atom is -0.458 e. The first-order chi connectivity index (χ1) is 9.26. The number of aliphatic hydroxyl groups is 1. The monoisotopic (exact) mass is 261 g/mol. The summed E-state index contributed by atoms with van der Waals surface area (Å²) in [4.78, 5) is 0. The number of para-hydroxylation sites is 1. The smallest absolute Gasteiger partial charge is 0.137 e. The van der Waals surface area contributed by atoms with E-state index in [2.05, 4.69) is 25.2 Å². The van der Waals surface area contributed by atoms with Crippen molar-refractivity contribution in [1.82, 2.24) is 5.32 Å². The van der Waals surface area contributed by atoms with Crippen molar-refractivity contribution >= 4 is 11.0 Å². The molecule has 1 heterocycles. The second kappa shape index (κ2) is 6.73. The first kappa shape index (κ1) is 14.1. The van der Waals surface area contributed by atoms with Crippen molar-refractivity contribution in [3.05, 3.63) is 35.6 Å². The van der Waals surface area contributed by atoms with Gasteiger partial charge in [0.25, 0.3) is 0 Å². The number of nitrogens with one attached hydrogen (secondary N) is 1. The van der Waals surface area contributed by atoms with Gasteiger partial charge in [0.05, 0.1) is 0 Å². The van der Waals surface area contributed by atoms with E-state index < -0.39 is 6.10 Å². The molecular weight excluding hydrogens is 238 g/mol. The Morgan fingerprint density at radius 3 is 2.89 bits per heavy atom. The molecule has 0 fully saturated rings. The lowest BCUT2D eigenvalue weighted by atomic mass is 10.1. The average Bonchev–Trinajstić information content (AvgIpc) is 2.87. The van der Waals surface area contributed by atoms with E-state index in [4.69, 9.17) is 4.42 Å². The Kier molecular flexibility index (Phi) is 5.00. The topological polar surface area (TPSA) is 45.4 Å². The standard InChI is InChI=1S/C16H23NO2/c1-3-5-9-17-11-14(18)15-10-13-8-6-7-12(4-2)16(13)19-15/h6-8,10,14,17-18H,3-5,9,11H2,1-2H3. The molecule has 3 nitrogen and oxygen atoms in total. The molecule has 0 aliphatic rings. The number of fused-ring (bicyclic) bond motifs is 1. The Balaban J connectivity index is 2.08. The van der Waals surface area contributed by atoms with Crippen LogP contribution in [-0.4, -0.2) is 18.2 Å². The number of hydrogen-bond acceptors (Lipinski definition) is 3. The quantitative estimate of drug-likeness (QED) is 0.751. The van der Waals surface area contributed by atoms with Crippen LogP contribution in [0.3, 0.4) is 0 Å². The third-order valence-electron chi connectivity index (χ3n) is 3.40. The van der Waals surface area contributed by atoms with Crippen LogP contribution in [-0.2, 0) is 6.42 Å². The van der Waals surface area contributed by atoms with Crippen LogP contribution >= 0.6 is 0 Å². The molecule has 0 bridgehead atoms. The highest BCUT2D eigenvalue weighted by Crippen LogP contribution is 2.26. The molecule has 2 aromatic rings. The average molecular weight is 261 g/mol. The van der Waals surface area contributed by atoms with E-state index in [9.17, 15) is 5.11 Å². The highest BCUT2D eigenvalue weighted by molar-refractivity contribution is 5.81. The maximum atomic E-state index is 10.1. The number of aliphatic hydroxyl groups excluding tert-OH is 1. The molecule has 0 aliphatic carbocycles. The van der Waals surface area contributed by atoms with Gasteiger partial charge < -0.3 is 14.8 Å². The lowest BCUT2D eigenvalue weighted by Crippen LogP contribution is -2.22. The second-order valence-electron chi connectivity index (χ2n) is 4.91. The summed E-state index contributed by atoms with van der Waals surface area (Å²) in [7, 11) is 0. The molecule has 0 saturated carbocycles. The van der Waals surface area contributed by atoms with Gasteiger partial charge >= 0.3 is 0 Å². The predicted molar refractivity (Wildman–Crippen MR) is 78.3 cm³/mol. The number of rotatable bonds is 7. The van der Waals surface area contributed by atoms with Gasteiger partial charge in [0, 0.05) is 11.9 Å². The van der Waals surface area contributed by atoms with Crippen molar-refractivity contribution in [3.8, 4) is 0 Å². The summed E-state index contributed by atoms with van der Waals surface area (Å²) in [5.41, 5.74) is 2.10. The Morgan fingerprint density at radius 1 is 1.32 bits per heavy atom. The van der Waals surface area contributed by atoms with Crippen molar-refractivity contribution in [2.45, 2.75) is 39.2 Å². The van der Waals surface area contributed by atoms with E-state index in [1.54, 1.807) is 0 Å². The number of benzene rings is 1. The summed E-state index contributed by atoms with van der Waals surface area (Å²) < 4.78 is 5.82. The summed E-state index contributed by atoms with van der Waals surface area (Å²) in [6.07, 6.45) is 2.66. The summed E-state index contributed by atoms with van der Waals surface area (Å²) in [5.74, 6) is 0.653. The van der Waals surface area contributed by atoms with Crippen molar-refractivity contribution in [2.75, 3.05) is 13.1 Å². The molecule has 0 aliphatic heterocycles. The second-order valence-corrected chi connectivity index (χ2v) is 4.91. The van der Waals surface area contributed by atoms with Gasteiger partial charge in [0.15, 0.2) is 0 Å². The number of aryl methyl sites for hydroxylation is 1. The van der Waals surface area contributed by atoms with Crippen LogP contribution in [0.5, 0.6) is 0 Å². The number of furan rings is 1. The van der Waals surface area contributed by atoms with E-state index in [-0.39, 0.29) is 0 Å². The van der Waals surface area contributed by atoms with E-state index in [1.165, 1.54) is 5.56 Å². The Labute approximate surface area is 114 Å². The van der Waals surface area contributed by atoms with E-state index >= 15 is 0 Å². The zero-order valence-electron chi connectivity index (χ0n) is 11.8. The molecule has 0 spiro atoms. The zero-order valence-corrected chi connectivity index (χ0v) is 11.8. The van der Waals surface area contributed by atoms with Gasteiger partial charge in [-0.1, -0.05) is 38.5 Å². The molecule has 0 saturated heterocycles. The van der Waals surface area contributed by atoms with Gasteiger partial charge in [0.1, 0.15) is 17.4 Å². The van der Waals surface area contributed by atoms with Gasteiger partial charge in [-0.3, -0.25) is 0 Å². The van der Waals surface area contributed by atoms with E-state index in [0.717, 1.165) is 36.8 Å². The van der Waals surface area contributed by atoms with Gasteiger partial charge in [-0.15, -0.1) is 0 Å². The fourth-order valence-electron chi connectivity index (χ4n) is 2.23. The fourth-order valence-corrected chi connectivity index (χ4v) is 2.23. The van der Waals surface area contributed by atoms with Crippen LogP contribution in [0, 0.1) is 0 Å². The molecule has 1 aromatic carbocycles. The van der Waals surface area contributed by atoms with E-state index in [1.807, 2.05) is 18.2 Å². The van der Waals surface area contributed by atoms with Crippen LogP contribution in [0.4, 0.5) is 0 Å².